The Labute approximate surface area is 165 Å². The van der Waals surface area contributed by atoms with Crippen molar-refractivity contribution in [2.24, 2.45) is 5.41 Å². The Kier molecular flexibility index (Phi) is 8.59. The lowest BCUT2D eigenvalue weighted by Gasteiger charge is -2.27. The summed E-state index contributed by atoms with van der Waals surface area (Å²) in [5.74, 6) is -3.08. The maximum atomic E-state index is 12.2. The van der Waals surface area contributed by atoms with Crippen LogP contribution in [0.25, 0.3) is 0 Å². The van der Waals surface area contributed by atoms with Crippen LogP contribution in [0.3, 0.4) is 0 Å². The lowest BCUT2D eigenvalue weighted by molar-refractivity contribution is -0.274. The number of rotatable bonds is 10. The van der Waals surface area contributed by atoms with Gasteiger partial charge in [0, 0.05) is 24.9 Å². The van der Waals surface area contributed by atoms with Gasteiger partial charge in [-0.05, 0) is 17.7 Å². The van der Waals surface area contributed by atoms with Crippen molar-refractivity contribution in [3.8, 4) is 5.75 Å². The predicted molar refractivity (Wildman–Crippen MR) is 94.5 cm³/mol. The van der Waals surface area contributed by atoms with Gasteiger partial charge < -0.3 is 25.6 Å². The van der Waals surface area contributed by atoms with E-state index in [-0.39, 0.29) is 25.1 Å². The van der Waals surface area contributed by atoms with Crippen LogP contribution >= 0.6 is 0 Å². The number of ketones is 1. The maximum absolute atomic E-state index is 12.2. The Morgan fingerprint density at radius 2 is 1.83 bits per heavy atom. The van der Waals surface area contributed by atoms with Gasteiger partial charge in [0.1, 0.15) is 11.9 Å². The van der Waals surface area contributed by atoms with E-state index in [2.05, 4.69) is 15.4 Å². The minimum Gasteiger partial charge on any atom is -0.406 e. The highest BCUT2D eigenvalue weighted by Crippen LogP contribution is 2.23. The van der Waals surface area contributed by atoms with E-state index >= 15 is 0 Å². The molecule has 1 atom stereocenters. The second kappa shape index (κ2) is 10.2. The SMILES string of the molecule is CC(C)(CO)[C@@H](O)C(=O)NCCC(=O)C(=O)NCc1cccc(OC(F)(F)F)c1. The molecule has 0 aliphatic heterocycles. The topological polar surface area (TPSA) is 125 Å². The van der Waals surface area contributed by atoms with Crippen molar-refractivity contribution < 1.29 is 42.5 Å². The highest BCUT2D eigenvalue weighted by atomic mass is 19.4. The van der Waals surface area contributed by atoms with Gasteiger partial charge in [-0.25, -0.2) is 0 Å². The van der Waals surface area contributed by atoms with E-state index in [1.807, 2.05) is 0 Å². The van der Waals surface area contributed by atoms with Crippen molar-refractivity contribution in [3.63, 3.8) is 0 Å². The number of ether oxygens (including phenoxy) is 1. The van der Waals surface area contributed by atoms with Gasteiger partial charge in [-0.15, -0.1) is 13.2 Å². The van der Waals surface area contributed by atoms with Gasteiger partial charge in [0.15, 0.2) is 0 Å². The molecule has 4 N–H and O–H groups in total. The van der Waals surface area contributed by atoms with Gasteiger partial charge in [0.05, 0.1) is 6.61 Å². The van der Waals surface area contributed by atoms with Crippen LogP contribution in [-0.4, -0.2) is 53.4 Å². The first-order valence-corrected chi connectivity index (χ1v) is 8.58. The van der Waals surface area contributed by atoms with E-state index in [1.54, 1.807) is 0 Å². The molecule has 1 aromatic rings. The van der Waals surface area contributed by atoms with Gasteiger partial charge in [0.25, 0.3) is 5.91 Å². The molecule has 1 aromatic carbocycles. The van der Waals surface area contributed by atoms with E-state index in [0.29, 0.717) is 0 Å². The van der Waals surface area contributed by atoms with Crippen molar-refractivity contribution in [3.05, 3.63) is 29.8 Å². The highest BCUT2D eigenvalue weighted by Gasteiger charge is 2.33. The Morgan fingerprint density at radius 1 is 1.17 bits per heavy atom. The molecule has 29 heavy (non-hydrogen) atoms. The molecule has 0 saturated heterocycles. The summed E-state index contributed by atoms with van der Waals surface area (Å²) in [5.41, 5.74) is -0.786. The fourth-order valence-corrected chi connectivity index (χ4v) is 2.08. The molecule has 0 saturated carbocycles. The minimum absolute atomic E-state index is 0.199. The summed E-state index contributed by atoms with van der Waals surface area (Å²) >= 11 is 0. The monoisotopic (exact) mass is 420 g/mol. The summed E-state index contributed by atoms with van der Waals surface area (Å²) < 4.78 is 40.4. The third-order valence-electron chi connectivity index (χ3n) is 3.89. The van der Waals surface area contributed by atoms with Gasteiger partial charge >= 0.3 is 6.36 Å². The number of carbonyl (C=O) groups is 3. The van der Waals surface area contributed by atoms with Crippen molar-refractivity contribution in [2.75, 3.05) is 13.2 Å². The Balaban J connectivity index is 2.45. The minimum atomic E-state index is -4.85. The number of carbonyl (C=O) groups excluding carboxylic acids is 3. The summed E-state index contributed by atoms with van der Waals surface area (Å²) in [6.07, 6.45) is -6.69. The quantitative estimate of drug-likeness (QED) is 0.412. The summed E-state index contributed by atoms with van der Waals surface area (Å²) in [5, 5.41) is 23.5. The standard InChI is InChI=1S/C18H23F3N2O6/c1-17(2,10-24)14(26)16(28)22-7-6-13(25)15(27)23-9-11-4-3-5-12(8-11)29-18(19,20)21/h3-5,8,14,24,26H,6-7,9-10H2,1-2H3,(H,22,28)(H,23,27)/t14-/m0/s1. The number of aliphatic hydroxyl groups is 2. The van der Waals surface area contributed by atoms with Crippen LogP contribution in [0.15, 0.2) is 24.3 Å². The lowest BCUT2D eigenvalue weighted by Crippen LogP contribution is -2.46. The number of alkyl halides is 3. The molecule has 0 aliphatic carbocycles. The Morgan fingerprint density at radius 3 is 2.41 bits per heavy atom. The van der Waals surface area contributed by atoms with E-state index in [9.17, 15) is 32.7 Å². The molecule has 2 amide bonds. The number of nitrogens with one attached hydrogen (secondary N) is 2. The van der Waals surface area contributed by atoms with E-state index in [1.165, 1.54) is 26.0 Å². The van der Waals surface area contributed by atoms with Crippen LogP contribution in [0.4, 0.5) is 13.2 Å². The first-order chi connectivity index (χ1) is 13.4. The second-order valence-electron chi connectivity index (χ2n) is 6.89. The molecular formula is C18H23F3N2O6. The van der Waals surface area contributed by atoms with E-state index in [0.717, 1.165) is 12.1 Å². The molecule has 0 spiro atoms. The average molecular weight is 420 g/mol. The highest BCUT2D eigenvalue weighted by molar-refractivity contribution is 6.36. The van der Waals surface area contributed by atoms with Crippen molar-refractivity contribution in [1.29, 1.82) is 0 Å². The summed E-state index contributed by atoms with van der Waals surface area (Å²) in [6, 6.07) is 4.92. The largest absolute Gasteiger partial charge is 0.573 e. The van der Waals surface area contributed by atoms with Crippen molar-refractivity contribution in [2.45, 2.75) is 39.3 Å². The lowest BCUT2D eigenvalue weighted by atomic mass is 9.87. The van der Waals surface area contributed by atoms with Crippen LogP contribution in [0.1, 0.15) is 25.8 Å². The smallest absolute Gasteiger partial charge is 0.406 e. The van der Waals surface area contributed by atoms with Crippen LogP contribution in [0.2, 0.25) is 0 Å². The molecule has 1 rings (SSSR count). The first-order valence-electron chi connectivity index (χ1n) is 8.58. The molecule has 11 heteroatoms. The molecule has 0 aromatic heterocycles. The summed E-state index contributed by atoms with van der Waals surface area (Å²) in [6.45, 7) is 2.11. The first kappa shape index (κ1) is 24.4. The number of amides is 2. The predicted octanol–water partition coefficient (Wildman–Crippen LogP) is 0.656. The molecule has 0 radical (unpaired) electrons. The number of halogens is 3. The van der Waals surface area contributed by atoms with Gasteiger partial charge in [-0.2, -0.15) is 0 Å². The molecule has 0 aliphatic rings. The fraction of sp³-hybridized carbons (Fsp3) is 0.500. The van der Waals surface area contributed by atoms with Crippen molar-refractivity contribution in [1.82, 2.24) is 10.6 Å². The van der Waals surface area contributed by atoms with Gasteiger partial charge in [-0.3, -0.25) is 14.4 Å². The zero-order valence-electron chi connectivity index (χ0n) is 15.9. The molecule has 8 nitrogen and oxygen atoms in total. The molecular weight excluding hydrogens is 397 g/mol. The molecule has 162 valence electrons. The van der Waals surface area contributed by atoms with Gasteiger partial charge in [-0.1, -0.05) is 26.0 Å². The van der Waals surface area contributed by atoms with Crippen LogP contribution in [-0.2, 0) is 20.9 Å². The van der Waals surface area contributed by atoms with Crippen LogP contribution < -0.4 is 15.4 Å². The third-order valence-corrected chi connectivity index (χ3v) is 3.89. The van der Waals surface area contributed by atoms with E-state index in [4.69, 9.17) is 5.11 Å². The van der Waals surface area contributed by atoms with Crippen LogP contribution in [0.5, 0.6) is 5.75 Å². The fourth-order valence-electron chi connectivity index (χ4n) is 2.08. The van der Waals surface area contributed by atoms with Gasteiger partial charge in [0.2, 0.25) is 11.7 Å². The second-order valence-corrected chi connectivity index (χ2v) is 6.89. The average Bonchev–Trinajstić information content (AvgIpc) is 2.64. The number of hydrogen-bond acceptors (Lipinski definition) is 6. The summed E-state index contributed by atoms with van der Waals surface area (Å²) in [7, 11) is 0. The Hall–Kier alpha value is -2.66. The Bertz CT molecular complexity index is 737. The zero-order chi connectivity index (χ0) is 22.2. The maximum Gasteiger partial charge on any atom is 0.573 e. The molecule has 0 fully saturated rings. The number of aliphatic hydroxyl groups excluding tert-OH is 2. The number of hydrogen-bond donors (Lipinski definition) is 4. The molecule has 0 heterocycles. The zero-order valence-corrected chi connectivity index (χ0v) is 15.9. The van der Waals surface area contributed by atoms with E-state index < -0.39 is 47.8 Å². The normalized spacial score (nSPS) is 12.8. The number of Topliss-reactive ketones (excluding diaryl/α,β-unsaturated/α-hetero) is 1. The third kappa shape index (κ3) is 8.48. The summed E-state index contributed by atoms with van der Waals surface area (Å²) in [4.78, 5) is 35.3. The molecule has 0 bridgehead atoms. The molecule has 0 unspecified atom stereocenters. The van der Waals surface area contributed by atoms with Crippen LogP contribution in [0, 0.1) is 5.41 Å². The van der Waals surface area contributed by atoms with Crippen molar-refractivity contribution >= 4 is 17.6 Å². The number of benzene rings is 1.